The van der Waals surface area contributed by atoms with Crippen LogP contribution in [0.15, 0.2) is 59.8 Å². The number of aromatic nitrogens is 3. The zero-order valence-electron chi connectivity index (χ0n) is 15.6. The van der Waals surface area contributed by atoms with Crippen LogP contribution in [0.5, 0.6) is 0 Å². The molecule has 0 saturated carbocycles. The quantitative estimate of drug-likeness (QED) is 0.524. The lowest BCUT2D eigenvalue weighted by molar-refractivity contribution is -0.123. The molecule has 1 heterocycles. The Bertz CT molecular complexity index is 932. The average molecular weight is 400 g/mol. The number of halogens is 1. The lowest BCUT2D eigenvalue weighted by Crippen LogP contribution is -2.22. The van der Waals surface area contributed by atoms with Crippen LogP contribution in [0.25, 0.3) is 11.4 Å². The van der Waals surface area contributed by atoms with Crippen molar-refractivity contribution < 1.29 is 4.79 Å². The van der Waals surface area contributed by atoms with Crippen LogP contribution in [0.3, 0.4) is 0 Å². The van der Waals surface area contributed by atoms with Crippen molar-refractivity contribution in [3.8, 4) is 11.4 Å². The van der Waals surface area contributed by atoms with Gasteiger partial charge in [-0.05, 0) is 17.7 Å². The molecule has 0 aliphatic rings. The number of carbonyl (C=O) groups excluding carboxylic acids is 1. The summed E-state index contributed by atoms with van der Waals surface area (Å²) in [4.78, 5) is 12.3. The van der Waals surface area contributed by atoms with E-state index in [1.165, 1.54) is 11.8 Å². The number of rotatable bonds is 6. The smallest absolute Gasteiger partial charge is 0.192 e. The molecule has 140 valence electrons. The van der Waals surface area contributed by atoms with Crippen LogP contribution in [0, 0.1) is 5.41 Å². The van der Waals surface area contributed by atoms with Crippen LogP contribution in [0.2, 0.25) is 5.02 Å². The normalized spacial score (nSPS) is 11.6. The summed E-state index contributed by atoms with van der Waals surface area (Å²) < 4.78 is 2.02. The number of thioether (sulfide) groups is 1. The molecule has 0 atom stereocenters. The summed E-state index contributed by atoms with van der Waals surface area (Å²) >= 11 is 7.81. The Balaban J connectivity index is 1.96. The average Bonchev–Trinajstić information content (AvgIpc) is 3.02. The molecule has 0 spiro atoms. The largest absolute Gasteiger partial charge is 0.298 e. The van der Waals surface area contributed by atoms with Crippen LogP contribution in [0.1, 0.15) is 26.3 Å². The van der Waals surface area contributed by atoms with E-state index in [-0.39, 0.29) is 11.2 Å². The monoisotopic (exact) mass is 399 g/mol. The summed E-state index contributed by atoms with van der Waals surface area (Å²) in [6.45, 7) is 6.40. The van der Waals surface area contributed by atoms with Gasteiger partial charge < -0.3 is 0 Å². The molecule has 0 fully saturated rings. The van der Waals surface area contributed by atoms with Gasteiger partial charge in [0.15, 0.2) is 11.0 Å². The topological polar surface area (TPSA) is 47.8 Å². The van der Waals surface area contributed by atoms with Crippen LogP contribution < -0.4 is 0 Å². The van der Waals surface area contributed by atoms with E-state index in [0.29, 0.717) is 28.3 Å². The molecule has 0 unspecified atom stereocenters. The molecule has 2 aromatic carbocycles. The number of nitrogens with zero attached hydrogens (tertiary/aromatic N) is 3. The molecule has 3 rings (SSSR count). The van der Waals surface area contributed by atoms with Crippen molar-refractivity contribution in [2.75, 3.05) is 5.75 Å². The van der Waals surface area contributed by atoms with Gasteiger partial charge in [0.25, 0.3) is 0 Å². The van der Waals surface area contributed by atoms with E-state index in [1.54, 1.807) is 0 Å². The summed E-state index contributed by atoms with van der Waals surface area (Å²) in [6.07, 6.45) is 0. The molecule has 0 radical (unpaired) electrons. The van der Waals surface area contributed by atoms with Gasteiger partial charge in [0, 0.05) is 11.0 Å². The van der Waals surface area contributed by atoms with Gasteiger partial charge in [0.1, 0.15) is 5.78 Å². The van der Waals surface area contributed by atoms with Gasteiger partial charge in [-0.15, -0.1) is 10.2 Å². The molecular formula is C21H22ClN3OS. The predicted molar refractivity (Wildman–Crippen MR) is 111 cm³/mol. The minimum absolute atomic E-state index is 0.182. The number of benzene rings is 2. The lowest BCUT2D eigenvalue weighted by atomic mass is 9.92. The highest BCUT2D eigenvalue weighted by Crippen LogP contribution is 2.30. The molecule has 4 nitrogen and oxygen atoms in total. The Morgan fingerprint density at radius 2 is 1.70 bits per heavy atom. The van der Waals surface area contributed by atoms with E-state index in [0.717, 1.165) is 11.1 Å². The van der Waals surface area contributed by atoms with Gasteiger partial charge in [-0.2, -0.15) is 0 Å². The highest BCUT2D eigenvalue weighted by molar-refractivity contribution is 7.99. The van der Waals surface area contributed by atoms with Crippen molar-refractivity contribution in [3.63, 3.8) is 0 Å². The number of hydrogen-bond donors (Lipinski definition) is 0. The fourth-order valence-electron chi connectivity index (χ4n) is 2.49. The Morgan fingerprint density at radius 1 is 1.04 bits per heavy atom. The van der Waals surface area contributed by atoms with Crippen molar-refractivity contribution in [1.82, 2.24) is 14.8 Å². The number of Topliss-reactive ketones (excluding diaryl/α,β-unsaturated/α-hetero) is 1. The minimum atomic E-state index is -0.372. The van der Waals surface area contributed by atoms with Crippen molar-refractivity contribution in [3.05, 3.63) is 65.2 Å². The van der Waals surface area contributed by atoms with Gasteiger partial charge in [-0.25, -0.2) is 0 Å². The number of hydrogen-bond acceptors (Lipinski definition) is 4. The van der Waals surface area contributed by atoms with E-state index in [9.17, 15) is 4.79 Å². The predicted octanol–water partition coefficient (Wildman–Crippen LogP) is 5.35. The fourth-order valence-corrected chi connectivity index (χ4v) is 3.81. The van der Waals surface area contributed by atoms with Gasteiger partial charge in [0.05, 0.1) is 17.3 Å². The Morgan fingerprint density at radius 3 is 2.37 bits per heavy atom. The van der Waals surface area contributed by atoms with E-state index in [2.05, 4.69) is 22.3 Å². The Hall–Kier alpha value is -2.11. The van der Waals surface area contributed by atoms with Gasteiger partial charge >= 0.3 is 0 Å². The molecular weight excluding hydrogens is 378 g/mol. The van der Waals surface area contributed by atoms with Crippen molar-refractivity contribution in [2.45, 2.75) is 32.5 Å². The fraction of sp³-hybridized carbons (Fsp3) is 0.286. The van der Waals surface area contributed by atoms with Gasteiger partial charge in [0.2, 0.25) is 0 Å². The van der Waals surface area contributed by atoms with E-state index in [4.69, 9.17) is 11.6 Å². The second-order valence-electron chi connectivity index (χ2n) is 7.32. The molecule has 6 heteroatoms. The van der Waals surface area contributed by atoms with Crippen LogP contribution in [0.4, 0.5) is 0 Å². The third-order valence-corrected chi connectivity index (χ3v) is 5.48. The molecule has 0 saturated heterocycles. The third kappa shape index (κ3) is 4.79. The first kappa shape index (κ1) is 19.6. The van der Waals surface area contributed by atoms with Gasteiger partial charge in [-0.1, -0.05) is 86.6 Å². The standard InChI is InChI=1S/C21H22ClN3OS/c1-21(2,3)18(26)14-27-20-24-23-19(16-11-7-8-12-17(16)22)25(20)13-15-9-5-4-6-10-15/h4-12H,13-14H2,1-3H3. The molecule has 0 aliphatic carbocycles. The number of ketones is 1. The zero-order chi connectivity index (χ0) is 19.4. The van der Waals surface area contributed by atoms with Crippen molar-refractivity contribution >= 4 is 29.1 Å². The molecule has 0 aliphatic heterocycles. The summed E-state index contributed by atoms with van der Waals surface area (Å²) in [5, 5.41) is 10.1. The van der Waals surface area contributed by atoms with Crippen LogP contribution >= 0.6 is 23.4 Å². The minimum Gasteiger partial charge on any atom is -0.298 e. The summed E-state index contributed by atoms with van der Waals surface area (Å²) in [6, 6.07) is 17.7. The summed E-state index contributed by atoms with van der Waals surface area (Å²) in [5.41, 5.74) is 1.59. The summed E-state index contributed by atoms with van der Waals surface area (Å²) in [5.74, 6) is 1.25. The Labute approximate surface area is 169 Å². The zero-order valence-corrected chi connectivity index (χ0v) is 17.2. The van der Waals surface area contributed by atoms with Crippen LogP contribution in [-0.2, 0) is 11.3 Å². The first-order valence-corrected chi connectivity index (χ1v) is 10.1. The summed E-state index contributed by atoms with van der Waals surface area (Å²) in [7, 11) is 0. The third-order valence-electron chi connectivity index (χ3n) is 4.18. The van der Waals surface area contributed by atoms with E-state index in [1.807, 2.05) is 67.8 Å². The molecule has 0 bridgehead atoms. The van der Waals surface area contributed by atoms with E-state index >= 15 is 0 Å². The maximum absolute atomic E-state index is 12.3. The van der Waals surface area contributed by atoms with Gasteiger partial charge in [-0.3, -0.25) is 9.36 Å². The molecule has 3 aromatic rings. The second kappa shape index (κ2) is 8.28. The van der Waals surface area contributed by atoms with Crippen LogP contribution in [-0.4, -0.2) is 26.3 Å². The maximum atomic E-state index is 12.3. The highest BCUT2D eigenvalue weighted by atomic mass is 35.5. The first-order chi connectivity index (χ1) is 12.9. The maximum Gasteiger partial charge on any atom is 0.192 e. The first-order valence-electron chi connectivity index (χ1n) is 8.74. The Kier molecular flexibility index (Phi) is 6.02. The lowest BCUT2D eigenvalue weighted by Gasteiger charge is -2.16. The molecule has 1 aromatic heterocycles. The second-order valence-corrected chi connectivity index (χ2v) is 8.67. The van der Waals surface area contributed by atoms with Crippen molar-refractivity contribution in [2.24, 2.45) is 5.41 Å². The van der Waals surface area contributed by atoms with Crippen molar-refractivity contribution in [1.29, 1.82) is 0 Å². The number of carbonyl (C=O) groups is 1. The highest BCUT2D eigenvalue weighted by Gasteiger charge is 2.23. The molecule has 27 heavy (non-hydrogen) atoms. The molecule has 0 amide bonds. The van der Waals surface area contributed by atoms with E-state index < -0.39 is 0 Å². The molecule has 0 N–H and O–H groups in total. The SMILES string of the molecule is CC(C)(C)C(=O)CSc1nnc(-c2ccccc2Cl)n1Cc1ccccc1.